The highest BCUT2D eigenvalue weighted by Gasteiger charge is 2.54. The Hall–Kier alpha value is -4.55. The number of hydrogen-bond donors (Lipinski definition) is 2. The van der Waals surface area contributed by atoms with Crippen LogP contribution in [0.15, 0.2) is 115 Å². The number of nitrogens with one attached hydrogen (secondary N) is 2. The van der Waals surface area contributed by atoms with Crippen molar-refractivity contribution < 1.29 is 14.4 Å². The molecule has 2 atom stereocenters. The van der Waals surface area contributed by atoms with Gasteiger partial charge < -0.3 is 5.32 Å². The maximum Gasteiger partial charge on any atom is 0.263 e. The zero-order chi connectivity index (χ0) is 24.7. The SMILES string of the molecule is O=C1N[C@@H](N2C(=O)c3ccccc3C2=O)[C@@H]1NC(c1ccccc1)(c1ccccc1)c1ccccc1. The standard InChI is InChI=1S/C30H23N3O3/c34-27-25(26(31-27)33-28(35)23-18-10-11-19-24(23)29(33)36)32-30(20-12-4-1-5-13-20,21-14-6-2-7-15-21)22-16-8-3-9-17-22/h1-19,25-26,32H,(H,31,34)/t25-,26-/m0/s1. The molecule has 2 heterocycles. The van der Waals surface area contributed by atoms with Crippen LogP contribution < -0.4 is 10.6 Å². The van der Waals surface area contributed by atoms with Crippen molar-refractivity contribution in [1.82, 2.24) is 15.5 Å². The predicted octanol–water partition coefficient (Wildman–Crippen LogP) is 3.69. The molecular weight excluding hydrogens is 450 g/mol. The third kappa shape index (κ3) is 3.26. The molecule has 2 N–H and O–H groups in total. The smallest absolute Gasteiger partial charge is 0.263 e. The summed E-state index contributed by atoms with van der Waals surface area (Å²) in [6.45, 7) is 0. The summed E-state index contributed by atoms with van der Waals surface area (Å²) in [6, 6.07) is 35.6. The van der Waals surface area contributed by atoms with E-state index in [0.717, 1.165) is 21.6 Å². The van der Waals surface area contributed by atoms with Crippen LogP contribution in [-0.4, -0.2) is 34.8 Å². The number of carbonyl (C=O) groups is 3. The molecule has 0 spiro atoms. The van der Waals surface area contributed by atoms with Crippen LogP contribution in [0.1, 0.15) is 37.4 Å². The van der Waals surface area contributed by atoms with Gasteiger partial charge in [0.2, 0.25) is 5.91 Å². The average Bonchev–Trinajstić information content (AvgIpc) is 3.19. The topological polar surface area (TPSA) is 78.5 Å². The lowest BCUT2D eigenvalue weighted by Gasteiger charge is -2.47. The molecule has 6 nitrogen and oxygen atoms in total. The van der Waals surface area contributed by atoms with Gasteiger partial charge in [0.1, 0.15) is 12.2 Å². The summed E-state index contributed by atoms with van der Waals surface area (Å²) in [5.74, 6) is -1.09. The molecule has 0 bridgehead atoms. The molecule has 4 aromatic carbocycles. The second kappa shape index (κ2) is 8.59. The van der Waals surface area contributed by atoms with E-state index in [1.807, 2.05) is 91.0 Å². The van der Waals surface area contributed by atoms with Crippen molar-refractivity contribution in [2.24, 2.45) is 0 Å². The van der Waals surface area contributed by atoms with E-state index in [9.17, 15) is 14.4 Å². The quantitative estimate of drug-likeness (QED) is 0.254. The van der Waals surface area contributed by atoms with Crippen molar-refractivity contribution in [2.75, 3.05) is 0 Å². The molecule has 0 saturated carbocycles. The maximum absolute atomic E-state index is 13.2. The fourth-order valence-corrected chi connectivity index (χ4v) is 5.23. The average molecular weight is 474 g/mol. The lowest BCUT2D eigenvalue weighted by molar-refractivity contribution is -0.135. The molecule has 2 aliphatic heterocycles. The number of benzene rings is 4. The molecule has 2 aliphatic rings. The molecule has 0 aliphatic carbocycles. The van der Waals surface area contributed by atoms with Crippen LogP contribution in [0.5, 0.6) is 0 Å². The van der Waals surface area contributed by atoms with Crippen LogP contribution in [0.25, 0.3) is 0 Å². The number of nitrogens with zero attached hydrogens (tertiary/aromatic N) is 1. The van der Waals surface area contributed by atoms with Crippen molar-refractivity contribution in [3.63, 3.8) is 0 Å². The van der Waals surface area contributed by atoms with Gasteiger partial charge in [-0.3, -0.25) is 24.6 Å². The minimum atomic E-state index is -0.914. The van der Waals surface area contributed by atoms with E-state index in [2.05, 4.69) is 10.6 Å². The van der Waals surface area contributed by atoms with E-state index in [0.29, 0.717) is 11.1 Å². The van der Waals surface area contributed by atoms with Gasteiger partial charge >= 0.3 is 0 Å². The first-order valence-electron chi connectivity index (χ1n) is 11.8. The lowest BCUT2D eigenvalue weighted by Crippen LogP contribution is -2.77. The molecular formula is C30H23N3O3. The van der Waals surface area contributed by atoms with Crippen molar-refractivity contribution in [3.05, 3.63) is 143 Å². The summed E-state index contributed by atoms with van der Waals surface area (Å²) < 4.78 is 0. The second-order valence-corrected chi connectivity index (χ2v) is 8.95. The van der Waals surface area contributed by atoms with E-state index in [-0.39, 0.29) is 5.91 Å². The third-order valence-electron chi connectivity index (χ3n) is 6.98. The Labute approximate surface area is 208 Å². The Balaban J connectivity index is 1.47. The van der Waals surface area contributed by atoms with Crippen LogP contribution in [0, 0.1) is 0 Å². The van der Waals surface area contributed by atoms with Gasteiger partial charge in [-0.1, -0.05) is 103 Å². The largest absolute Gasteiger partial charge is 0.332 e. The maximum atomic E-state index is 13.2. The summed E-state index contributed by atoms with van der Waals surface area (Å²) in [5.41, 5.74) is 2.59. The Kier molecular flexibility index (Phi) is 5.24. The molecule has 1 saturated heterocycles. The van der Waals surface area contributed by atoms with Crippen molar-refractivity contribution in [1.29, 1.82) is 0 Å². The monoisotopic (exact) mass is 473 g/mol. The molecule has 3 amide bonds. The highest BCUT2D eigenvalue weighted by molar-refractivity contribution is 6.22. The van der Waals surface area contributed by atoms with Gasteiger partial charge in [0.15, 0.2) is 0 Å². The molecule has 0 unspecified atom stereocenters. The first kappa shape index (κ1) is 21.9. The van der Waals surface area contributed by atoms with Gasteiger partial charge in [-0.2, -0.15) is 0 Å². The number of β-lactam (4-membered cyclic amide) rings is 1. The Morgan fingerprint density at radius 1 is 0.583 bits per heavy atom. The Bertz CT molecular complexity index is 1320. The molecule has 0 aromatic heterocycles. The number of hydrogen-bond acceptors (Lipinski definition) is 4. The van der Waals surface area contributed by atoms with Crippen LogP contribution >= 0.6 is 0 Å². The lowest BCUT2D eigenvalue weighted by atomic mass is 9.76. The summed E-state index contributed by atoms with van der Waals surface area (Å²) in [4.78, 5) is 40.6. The van der Waals surface area contributed by atoms with Crippen molar-refractivity contribution in [3.8, 4) is 0 Å². The highest BCUT2D eigenvalue weighted by atomic mass is 16.2. The van der Waals surface area contributed by atoms with Gasteiger partial charge in [-0.15, -0.1) is 0 Å². The van der Waals surface area contributed by atoms with E-state index < -0.39 is 29.6 Å². The summed E-state index contributed by atoms with van der Waals surface area (Å²) in [5, 5.41) is 6.39. The highest BCUT2D eigenvalue weighted by Crippen LogP contribution is 2.39. The minimum Gasteiger partial charge on any atom is -0.332 e. The van der Waals surface area contributed by atoms with E-state index in [1.165, 1.54) is 0 Å². The van der Waals surface area contributed by atoms with Crippen LogP contribution in [0.3, 0.4) is 0 Å². The Morgan fingerprint density at radius 2 is 0.972 bits per heavy atom. The van der Waals surface area contributed by atoms with Gasteiger partial charge in [0, 0.05) is 0 Å². The first-order valence-corrected chi connectivity index (χ1v) is 11.8. The van der Waals surface area contributed by atoms with E-state index in [4.69, 9.17) is 0 Å². The van der Waals surface area contributed by atoms with Crippen molar-refractivity contribution in [2.45, 2.75) is 17.7 Å². The molecule has 4 aromatic rings. The number of amides is 3. The van der Waals surface area contributed by atoms with Crippen molar-refractivity contribution >= 4 is 17.7 Å². The fraction of sp³-hybridized carbons (Fsp3) is 0.100. The van der Waals surface area contributed by atoms with Gasteiger partial charge in [0.05, 0.1) is 16.7 Å². The van der Waals surface area contributed by atoms with Gasteiger partial charge in [-0.25, -0.2) is 0 Å². The van der Waals surface area contributed by atoms with Crippen LogP contribution in [-0.2, 0) is 10.3 Å². The normalized spacial score (nSPS) is 19.0. The predicted molar refractivity (Wildman–Crippen MR) is 135 cm³/mol. The van der Waals surface area contributed by atoms with Gasteiger partial charge in [0.25, 0.3) is 11.8 Å². The van der Waals surface area contributed by atoms with Crippen LogP contribution in [0.4, 0.5) is 0 Å². The summed E-state index contributed by atoms with van der Waals surface area (Å²) in [7, 11) is 0. The molecule has 0 radical (unpaired) electrons. The Morgan fingerprint density at radius 3 is 1.36 bits per heavy atom. The fourth-order valence-electron chi connectivity index (χ4n) is 5.23. The van der Waals surface area contributed by atoms with Crippen LogP contribution in [0.2, 0.25) is 0 Å². The summed E-state index contributed by atoms with van der Waals surface area (Å²) >= 11 is 0. The molecule has 6 heteroatoms. The van der Waals surface area contributed by atoms with Gasteiger partial charge in [-0.05, 0) is 28.8 Å². The number of fused-ring (bicyclic) bond motifs is 1. The first-order chi connectivity index (χ1) is 17.6. The molecule has 1 fully saturated rings. The zero-order valence-corrected chi connectivity index (χ0v) is 19.3. The third-order valence-corrected chi connectivity index (χ3v) is 6.98. The number of rotatable bonds is 6. The summed E-state index contributed by atoms with van der Waals surface area (Å²) in [6.07, 6.45) is -0.819. The zero-order valence-electron chi connectivity index (χ0n) is 19.3. The van der Waals surface area contributed by atoms with E-state index >= 15 is 0 Å². The minimum absolute atomic E-state index is 0.274. The van der Waals surface area contributed by atoms with E-state index in [1.54, 1.807) is 24.3 Å². The number of carbonyl (C=O) groups excluding carboxylic acids is 3. The molecule has 176 valence electrons. The second-order valence-electron chi connectivity index (χ2n) is 8.95. The molecule has 36 heavy (non-hydrogen) atoms. The molecule has 6 rings (SSSR count). The number of imide groups is 1.